The van der Waals surface area contributed by atoms with Crippen LogP contribution < -0.4 is 5.73 Å². The van der Waals surface area contributed by atoms with Gasteiger partial charge < -0.3 is 15.6 Å². The Bertz CT molecular complexity index is 319. The van der Waals surface area contributed by atoms with Crippen molar-refractivity contribution in [2.45, 2.75) is 85.5 Å². The summed E-state index contributed by atoms with van der Waals surface area (Å²) in [5.74, 6) is 1.02. The Labute approximate surface area is 155 Å². The van der Waals surface area contributed by atoms with Crippen molar-refractivity contribution in [3.63, 3.8) is 0 Å². The lowest BCUT2D eigenvalue weighted by molar-refractivity contribution is -0.114. The van der Waals surface area contributed by atoms with Crippen LogP contribution in [0.4, 0.5) is 0 Å². The number of rotatable bonds is 8. The number of aliphatic hydroxyl groups excluding tert-OH is 1. The van der Waals surface area contributed by atoms with Crippen LogP contribution in [-0.2, 0) is 9.59 Å². The number of allylic oxidation sites excluding steroid dienone is 3. The number of nitrogens with two attached hydrogens (primary N) is 1. The first kappa shape index (κ1) is 28.4. The third-order valence-electron chi connectivity index (χ3n) is 3.35. The second-order valence-electron chi connectivity index (χ2n) is 5.47. The van der Waals surface area contributed by atoms with Crippen LogP contribution in [0.1, 0.15) is 85.5 Å². The molecule has 1 aliphatic rings. The zero-order chi connectivity index (χ0) is 19.8. The second-order valence-corrected chi connectivity index (χ2v) is 5.47. The minimum Gasteiger partial charge on any atom is -0.405 e. The molecule has 0 spiro atoms. The molecule has 1 rings (SSSR count). The maximum atomic E-state index is 11.4. The third-order valence-corrected chi connectivity index (χ3v) is 3.35. The van der Waals surface area contributed by atoms with E-state index in [4.69, 9.17) is 10.8 Å². The number of unbranched alkanes of at least 4 members (excludes halogenated alkanes) is 2. The molecule has 4 nitrogen and oxygen atoms in total. The fourth-order valence-electron chi connectivity index (χ4n) is 2.16. The van der Waals surface area contributed by atoms with E-state index in [1.165, 1.54) is 44.7 Å². The summed E-state index contributed by atoms with van der Waals surface area (Å²) in [6, 6.07) is 0. The van der Waals surface area contributed by atoms with Gasteiger partial charge in [0.25, 0.3) is 0 Å². The predicted molar refractivity (Wildman–Crippen MR) is 108 cm³/mol. The van der Waals surface area contributed by atoms with Crippen LogP contribution in [0.15, 0.2) is 24.4 Å². The van der Waals surface area contributed by atoms with Crippen molar-refractivity contribution in [1.29, 1.82) is 0 Å². The minimum atomic E-state index is 0.250. The van der Waals surface area contributed by atoms with E-state index < -0.39 is 0 Å². The molecule has 0 amide bonds. The molecule has 3 N–H and O–H groups in total. The summed E-state index contributed by atoms with van der Waals surface area (Å²) >= 11 is 0. The predicted octanol–water partition coefficient (Wildman–Crippen LogP) is 4.95. The van der Waals surface area contributed by atoms with Crippen LogP contribution in [0.3, 0.4) is 0 Å². The van der Waals surface area contributed by atoms with Crippen molar-refractivity contribution < 1.29 is 14.7 Å². The highest BCUT2D eigenvalue weighted by Gasteiger charge is 2.11. The van der Waals surface area contributed by atoms with Crippen LogP contribution in [-0.4, -0.2) is 23.8 Å². The van der Waals surface area contributed by atoms with Gasteiger partial charge in [-0.2, -0.15) is 0 Å². The molecule has 1 saturated carbocycles. The highest BCUT2D eigenvalue weighted by Crippen LogP contribution is 2.25. The Morgan fingerprint density at radius 2 is 1.72 bits per heavy atom. The monoisotopic (exact) mass is 355 g/mol. The van der Waals surface area contributed by atoms with Crippen molar-refractivity contribution in [3.8, 4) is 0 Å². The molecule has 0 aliphatic heterocycles. The van der Waals surface area contributed by atoms with Crippen LogP contribution >= 0.6 is 0 Å². The number of aldehydes is 1. The Morgan fingerprint density at radius 3 is 2.12 bits per heavy atom. The molecule has 1 aliphatic carbocycles. The molecule has 0 bridgehead atoms. The lowest BCUT2D eigenvalue weighted by Crippen LogP contribution is -1.94. The topological polar surface area (TPSA) is 80.4 Å². The largest absolute Gasteiger partial charge is 0.405 e. The normalized spacial score (nSPS) is 13.3. The van der Waals surface area contributed by atoms with Gasteiger partial charge in [-0.05, 0) is 44.4 Å². The summed E-state index contributed by atoms with van der Waals surface area (Å²) in [4.78, 5) is 20.8. The summed E-state index contributed by atoms with van der Waals surface area (Å²) in [6.45, 7) is 8.10. The molecular weight excluding hydrogens is 314 g/mol. The van der Waals surface area contributed by atoms with Gasteiger partial charge in [0.2, 0.25) is 0 Å². The molecule has 1 fully saturated rings. The summed E-state index contributed by atoms with van der Waals surface area (Å²) in [5, 5.41) is 7.57. The van der Waals surface area contributed by atoms with Crippen molar-refractivity contribution in [2.24, 2.45) is 11.7 Å². The molecule has 0 heterocycles. The maximum absolute atomic E-state index is 11.4. The molecule has 0 unspecified atom stereocenters. The Balaban J connectivity index is -0.000000367. The zero-order valence-electron chi connectivity index (χ0n) is 16.9. The van der Waals surface area contributed by atoms with E-state index in [2.05, 4.69) is 13.0 Å². The Morgan fingerprint density at radius 1 is 1.16 bits per heavy atom. The highest BCUT2D eigenvalue weighted by molar-refractivity contribution is 5.89. The molecule has 0 saturated heterocycles. The number of ketones is 1. The molecule has 0 radical (unpaired) electrons. The van der Waals surface area contributed by atoms with Crippen LogP contribution in [0.5, 0.6) is 0 Å². The van der Waals surface area contributed by atoms with Gasteiger partial charge in [0.15, 0.2) is 5.78 Å². The van der Waals surface area contributed by atoms with Gasteiger partial charge in [-0.1, -0.05) is 58.6 Å². The molecule has 0 aromatic carbocycles. The first-order valence-corrected chi connectivity index (χ1v) is 9.78. The molecule has 0 aromatic rings. The second kappa shape index (κ2) is 27.4. The SMILES string of the molecule is CC.CCCCCC(=O)/C=C/C1CCCC1.CCO.N/C=C\CC=O. The molecular formula is C21H41NO3. The molecule has 25 heavy (non-hydrogen) atoms. The van der Waals surface area contributed by atoms with E-state index in [9.17, 15) is 9.59 Å². The van der Waals surface area contributed by atoms with Crippen LogP contribution in [0.25, 0.3) is 0 Å². The van der Waals surface area contributed by atoms with E-state index in [1.54, 1.807) is 13.0 Å². The van der Waals surface area contributed by atoms with Gasteiger partial charge >= 0.3 is 0 Å². The summed E-state index contributed by atoms with van der Waals surface area (Å²) in [6.07, 6.45) is 17.6. The van der Waals surface area contributed by atoms with Crippen LogP contribution in [0, 0.1) is 5.92 Å². The van der Waals surface area contributed by atoms with E-state index in [0.29, 0.717) is 18.1 Å². The lowest BCUT2D eigenvalue weighted by Gasteiger charge is -1.99. The van der Waals surface area contributed by atoms with Gasteiger partial charge in [-0.15, -0.1) is 0 Å². The van der Waals surface area contributed by atoms with Gasteiger partial charge in [-0.3, -0.25) is 4.79 Å². The van der Waals surface area contributed by atoms with Crippen molar-refractivity contribution >= 4 is 12.1 Å². The average Bonchev–Trinajstić information content (AvgIpc) is 3.15. The highest BCUT2D eigenvalue weighted by atomic mass is 16.2. The smallest absolute Gasteiger partial charge is 0.155 e. The van der Waals surface area contributed by atoms with Crippen molar-refractivity contribution in [3.05, 3.63) is 24.4 Å². The molecule has 0 atom stereocenters. The fourth-order valence-corrected chi connectivity index (χ4v) is 2.16. The quantitative estimate of drug-likeness (QED) is 0.366. The minimum absolute atomic E-state index is 0.250. The summed E-state index contributed by atoms with van der Waals surface area (Å²) in [5.41, 5.74) is 4.88. The molecule has 4 heteroatoms. The standard InChI is InChI=1S/C13H22O.C4H7NO.C2H6O.C2H6/c1-2-3-4-9-13(14)11-10-12-7-5-6-8-12;5-3-1-2-4-6;1-2-3;1-2/h10-12H,2-9H2,1H3;1,3-4H,2,5H2;3H,2H2,1H3;1-2H3/b11-10+;3-1-;;. The molecule has 148 valence electrons. The lowest BCUT2D eigenvalue weighted by atomic mass is 10.1. The number of hydrogen-bond acceptors (Lipinski definition) is 4. The first-order chi connectivity index (χ1) is 12.2. The van der Waals surface area contributed by atoms with Gasteiger partial charge in [0.05, 0.1) is 0 Å². The van der Waals surface area contributed by atoms with Gasteiger partial charge in [-0.25, -0.2) is 0 Å². The Hall–Kier alpha value is -1.42. The Kier molecular flexibility index (Phi) is 31.1. The van der Waals surface area contributed by atoms with E-state index in [-0.39, 0.29) is 6.61 Å². The number of carbonyl (C=O) groups is 2. The number of hydrogen-bond donors (Lipinski definition) is 2. The van der Waals surface area contributed by atoms with Crippen LogP contribution in [0.2, 0.25) is 0 Å². The number of carbonyl (C=O) groups excluding carboxylic acids is 2. The van der Waals surface area contributed by atoms with E-state index >= 15 is 0 Å². The van der Waals surface area contributed by atoms with Crippen molar-refractivity contribution in [2.75, 3.05) is 6.61 Å². The third kappa shape index (κ3) is 27.7. The molecule has 0 aromatic heterocycles. The van der Waals surface area contributed by atoms with Crippen molar-refractivity contribution in [1.82, 2.24) is 0 Å². The number of aliphatic hydroxyl groups is 1. The summed E-state index contributed by atoms with van der Waals surface area (Å²) in [7, 11) is 0. The fraction of sp³-hybridized carbons (Fsp3) is 0.714. The van der Waals surface area contributed by atoms with E-state index in [0.717, 1.165) is 19.1 Å². The first-order valence-electron chi connectivity index (χ1n) is 9.78. The van der Waals surface area contributed by atoms with E-state index in [1.807, 2.05) is 19.9 Å². The average molecular weight is 356 g/mol. The van der Waals surface area contributed by atoms with Gasteiger partial charge in [0, 0.05) is 19.4 Å². The maximum Gasteiger partial charge on any atom is 0.155 e. The summed E-state index contributed by atoms with van der Waals surface area (Å²) < 4.78 is 0. The van der Waals surface area contributed by atoms with Gasteiger partial charge in [0.1, 0.15) is 6.29 Å². The zero-order valence-corrected chi connectivity index (χ0v) is 16.9.